The lowest BCUT2D eigenvalue weighted by molar-refractivity contribution is 0.102. The van der Waals surface area contributed by atoms with Gasteiger partial charge in [-0.3, -0.25) is 9.78 Å². The zero-order chi connectivity index (χ0) is 15.4. The monoisotopic (exact) mass is 293 g/mol. The minimum atomic E-state index is -1.68. The van der Waals surface area contributed by atoms with Crippen LogP contribution in [0.1, 0.15) is 10.4 Å². The van der Waals surface area contributed by atoms with Gasteiger partial charge in [0, 0.05) is 11.1 Å². The fourth-order valence-corrected chi connectivity index (χ4v) is 1.44. The highest BCUT2D eigenvalue weighted by molar-refractivity contribution is 6.04. The van der Waals surface area contributed by atoms with Gasteiger partial charge in [0.15, 0.2) is 17.5 Å². The molecule has 6 nitrogen and oxygen atoms in total. The van der Waals surface area contributed by atoms with E-state index in [1.807, 2.05) is 0 Å². The van der Waals surface area contributed by atoms with Gasteiger partial charge >= 0.3 is 0 Å². The summed E-state index contributed by atoms with van der Waals surface area (Å²) in [7, 11) is 0. The number of hydrogen-bond acceptors (Lipinski definition) is 3. The Morgan fingerprint density at radius 3 is 2.57 bits per heavy atom. The number of benzene rings is 1. The van der Waals surface area contributed by atoms with E-state index in [9.17, 15) is 18.0 Å². The second kappa shape index (κ2) is 5.93. The fraction of sp³-hybridized carbons (Fsp3) is 0. The van der Waals surface area contributed by atoms with Crippen LogP contribution in [0.25, 0.3) is 10.4 Å². The molecule has 0 unspecified atom stereocenters. The number of azide groups is 1. The molecule has 106 valence electrons. The summed E-state index contributed by atoms with van der Waals surface area (Å²) < 4.78 is 39.2. The number of nitrogens with zero attached hydrogens (tertiary/aromatic N) is 4. The van der Waals surface area contributed by atoms with E-state index in [4.69, 9.17) is 5.53 Å². The number of pyridine rings is 1. The SMILES string of the molecule is [N-]=[N+]=Nc1ccc(C(=O)Nc2ccc(F)c(F)c2F)cn1. The van der Waals surface area contributed by atoms with Crippen LogP contribution in [0.15, 0.2) is 35.6 Å². The number of aromatic nitrogens is 1. The van der Waals surface area contributed by atoms with Gasteiger partial charge in [0.2, 0.25) is 0 Å². The molecule has 9 heteroatoms. The van der Waals surface area contributed by atoms with Crippen LogP contribution in [0, 0.1) is 17.5 Å². The molecule has 1 N–H and O–H groups in total. The highest BCUT2D eigenvalue weighted by Crippen LogP contribution is 2.20. The molecule has 0 spiro atoms. The van der Waals surface area contributed by atoms with Gasteiger partial charge < -0.3 is 5.32 Å². The van der Waals surface area contributed by atoms with E-state index >= 15 is 0 Å². The molecule has 1 aromatic heterocycles. The molecule has 0 aliphatic carbocycles. The number of anilines is 1. The predicted octanol–water partition coefficient (Wildman–Crippen LogP) is 3.69. The third kappa shape index (κ3) is 3.10. The number of halogens is 3. The first-order chi connectivity index (χ1) is 10.0. The molecule has 2 rings (SSSR count). The number of hydrogen-bond donors (Lipinski definition) is 1. The molecule has 0 bridgehead atoms. The van der Waals surface area contributed by atoms with Crippen LogP contribution in [0.5, 0.6) is 0 Å². The zero-order valence-corrected chi connectivity index (χ0v) is 10.2. The van der Waals surface area contributed by atoms with Crippen LogP contribution < -0.4 is 5.32 Å². The van der Waals surface area contributed by atoms with Crippen molar-refractivity contribution in [3.8, 4) is 0 Å². The molecular weight excluding hydrogens is 287 g/mol. The molecule has 0 fully saturated rings. The highest BCUT2D eigenvalue weighted by Gasteiger charge is 2.16. The van der Waals surface area contributed by atoms with E-state index in [1.165, 1.54) is 12.1 Å². The Balaban J connectivity index is 2.22. The van der Waals surface area contributed by atoms with E-state index in [2.05, 4.69) is 20.3 Å². The van der Waals surface area contributed by atoms with Crippen LogP contribution in [-0.2, 0) is 0 Å². The largest absolute Gasteiger partial charge is 0.319 e. The third-order valence-corrected chi connectivity index (χ3v) is 2.44. The van der Waals surface area contributed by atoms with Gasteiger partial charge in [0.1, 0.15) is 5.82 Å². The first-order valence-electron chi connectivity index (χ1n) is 5.49. The summed E-state index contributed by atoms with van der Waals surface area (Å²) in [5.41, 5.74) is 7.73. The van der Waals surface area contributed by atoms with Crippen molar-refractivity contribution in [3.05, 3.63) is 63.9 Å². The van der Waals surface area contributed by atoms with Crippen LogP contribution >= 0.6 is 0 Å². The molecule has 1 aromatic carbocycles. The molecule has 0 aliphatic heterocycles. The number of rotatable bonds is 3. The van der Waals surface area contributed by atoms with Crippen molar-refractivity contribution in [3.63, 3.8) is 0 Å². The summed E-state index contributed by atoms with van der Waals surface area (Å²) in [6, 6.07) is 4.14. The summed E-state index contributed by atoms with van der Waals surface area (Å²) >= 11 is 0. The maximum Gasteiger partial charge on any atom is 0.257 e. The van der Waals surface area contributed by atoms with Crippen molar-refractivity contribution in [1.29, 1.82) is 0 Å². The van der Waals surface area contributed by atoms with Crippen LogP contribution in [-0.4, -0.2) is 10.9 Å². The number of nitrogens with one attached hydrogen (secondary N) is 1. The molecule has 0 saturated heterocycles. The second-order valence-corrected chi connectivity index (χ2v) is 3.77. The normalized spacial score (nSPS) is 9.86. The minimum absolute atomic E-state index is 0.0241. The van der Waals surface area contributed by atoms with Crippen molar-refractivity contribution in [2.75, 3.05) is 5.32 Å². The summed E-state index contributed by atoms with van der Waals surface area (Å²) in [5, 5.41) is 5.29. The van der Waals surface area contributed by atoms with Crippen molar-refractivity contribution < 1.29 is 18.0 Å². The van der Waals surface area contributed by atoms with Gasteiger partial charge in [-0.1, -0.05) is 0 Å². The van der Waals surface area contributed by atoms with Crippen molar-refractivity contribution in [1.82, 2.24) is 4.98 Å². The molecule has 0 aliphatic rings. The second-order valence-electron chi connectivity index (χ2n) is 3.77. The Labute approximate surface area is 115 Å². The van der Waals surface area contributed by atoms with E-state index in [0.29, 0.717) is 6.07 Å². The molecule has 1 amide bonds. The quantitative estimate of drug-likeness (QED) is 0.404. The Hall–Kier alpha value is -3.06. The average molecular weight is 293 g/mol. The topological polar surface area (TPSA) is 90.8 Å². The lowest BCUT2D eigenvalue weighted by atomic mass is 10.2. The molecule has 21 heavy (non-hydrogen) atoms. The Morgan fingerprint density at radius 2 is 1.95 bits per heavy atom. The molecule has 2 aromatic rings. The first-order valence-corrected chi connectivity index (χ1v) is 5.49. The van der Waals surface area contributed by atoms with Crippen molar-refractivity contribution >= 4 is 17.4 Å². The van der Waals surface area contributed by atoms with Crippen LogP contribution in [0.4, 0.5) is 24.7 Å². The average Bonchev–Trinajstić information content (AvgIpc) is 2.49. The molecular formula is C12H6F3N5O. The maximum absolute atomic E-state index is 13.4. The van der Waals surface area contributed by atoms with Crippen LogP contribution in [0.2, 0.25) is 0 Å². The summed E-state index contributed by atoms with van der Waals surface area (Å²) in [6.07, 6.45) is 1.09. The fourth-order valence-electron chi connectivity index (χ4n) is 1.44. The van der Waals surface area contributed by atoms with Gasteiger partial charge in [0.05, 0.1) is 11.3 Å². The van der Waals surface area contributed by atoms with E-state index in [1.54, 1.807) is 0 Å². The Bertz CT molecular complexity index is 741. The lowest BCUT2D eigenvalue weighted by Gasteiger charge is -2.07. The number of carbonyl (C=O) groups excluding carboxylic acids is 1. The van der Waals surface area contributed by atoms with E-state index in [0.717, 1.165) is 12.3 Å². The van der Waals surface area contributed by atoms with Gasteiger partial charge in [-0.05, 0) is 34.9 Å². The lowest BCUT2D eigenvalue weighted by Crippen LogP contribution is -2.14. The minimum Gasteiger partial charge on any atom is -0.319 e. The smallest absolute Gasteiger partial charge is 0.257 e. The highest BCUT2D eigenvalue weighted by atomic mass is 19.2. The predicted molar refractivity (Wildman–Crippen MR) is 67.3 cm³/mol. The van der Waals surface area contributed by atoms with Crippen molar-refractivity contribution in [2.45, 2.75) is 0 Å². The van der Waals surface area contributed by atoms with Crippen molar-refractivity contribution in [2.24, 2.45) is 5.11 Å². The summed E-state index contributed by atoms with van der Waals surface area (Å²) in [4.78, 5) is 18.0. The van der Waals surface area contributed by atoms with Gasteiger partial charge in [-0.25, -0.2) is 13.2 Å². The van der Waals surface area contributed by atoms with Gasteiger partial charge in [-0.15, -0.1) is 0 Å². The standard InChI is InChI=1S/C12H6F3N5O/c13-7-2-3-8(11(15)10(7)14)18-12(21)6-1-4-9(17-5-6)19-20-16/h1-5H,(H,18,21). The van der Waals surface area contributed by atoms with Crippen LogP contribution in [0.3, 0.4) is 0 Å². The van der Waals surface area contributed by atoms with Gasteiger partial charge in [0.25, 0.3) is 5.91 Å². The number of carbonyl (C=O) groups is 1. The summed E-state index contributed by atoms with van der Waals surface area (Å²) in [5.74, 6) is -5.26. The molecule has 1 heterocycles. The van der Waals surface area contributed by atoms with E-state index in [-0.39, 0.29) is 11.4 Å². The zero-order valence-electron chi connectivity index (χ0n) is 10.2. The molecule has 0 radical (unpaired) electrons. The number of amides is 1. The third-order valence-electron chi connectivity index (χ3n) is 2.44. The van der Waals surface area contributed by atoms with E-state index < -0.39 is 29.0 Å². The Kier molecular flexibility index (Phi) is 4.05. The Morgan fingerprint density at radius 1 is 1.19 bits per heavy atom. The summed E-state index contributed by atoms with van der Waals surface area (Å²) in [6.45, 7) is 0. The van der Waals surface area contributed by atoms with Gasteiger partial charge in [-0.2, -0.15) is 0 Å². The maximum atomic E-state index is 13.4. The molecule has 0 saturated carbocycles. The first kappa shape index (κ1) is 14.4. The molecule has 0 atom stereocenters.